The molecule has 3 heterocycles. The van der Waals surface area contributed by atoms with E-state index in [1.807, 2.05) is 26.0 Å². The standard InChI is InChI=1S/C23H24N4O2/c1-16-6-7-20-19(13-21(28)29-22(20)17(16)2)15-26-9-4-10-27(12-11-26)23-18(14-24)5-3-8-25-23/h3,5-8,13H,4,9-12,15H2,1-2H3. The van der Waals surface area contributed by atoms with Crippen molar-refractivity contribution in [1.82, 2.24) is 9.88 Å². The molecule has 0 amide bonds. The molecule has 1 saturated heterocycles. The predicted octanol–water partition coefficient (Wildman–Crippen LogP) is 3.39. The number of nitrogens with zero attached hydrogens (tertiary/aromatic N) is 4. The Morgan fingerprint density at radius 2 is 2.03 bits per heavy atom. The molecule has 2 aromatic heterocycles. The fourth-order valence-electron chi connectivity index (χ4n) is 3.97. The van der Waals surface area contributed by atoms with Crippen molar-refractivity contribution in [2.45, 2.75) is 26.8 Å². The van der Waals surface area contributed by atoms with E-state index in [4.69, 9.17) is 4.42 Å². The number of benzene rings is 1. The summed E-state index contributed by atoms with van der Waals surface area (Å²) in [5, 5.41) is 10.4. The molecule has 0 radical (unpaired) electrons. The lowest BCUT2D eigenvalue weighted by Gasteiger charge is -2.23. The quantitative estimate of drug-likeness (QED) is 0.641. The van der Waals surface area contributed by atoms with Crippen LogP contribution >= 0.6 is 0 Å². The van der Waals surface area contributed by atoms with Gasteiger partial charge in [-0.15, -0.1) is 0 Å². The lowest BCUT2D eigenvalue weighted by atomic mass is 10.0. The Kier molecular flexibility index (Phi) is 5.32. The molecule has 3 aromatic rings. The SMILES string of the molecule is Cc1ccc2c(CN3CCCN(c4ncccc4C#N)CC3)cc(=O)oc2c1C. The van der Waals surface area contributed by atoms with Gasteiger partial charge in [-0.3, -0.25) is 4.90 Å². The zero-order valence-electron chi connectivity index (χ0n) is 16.8. The Morgan fingerprint density at radius 1 is 1.17 bits per heavy atom. The first kappa shape index (κ1) is 19.2. The van der Waals surface area contributed by atoms with Crippen LogP contribution in [0.5, 0.6) is 0 Å². The number of aryl methyl sites for hydroxylation is 2. The molecule has 6 heteroatoms. The minimum Gasteiger partial charge on any atom is -0.422 e. The largest absolute Gasteiger partial charge is 0.422 e. The van der Waals surface area contributed by atoms with Crippen LogP contribution in [0, 0.1) is 25.2 Å². The van der Waals surface area contributed by atoms with E-state index in [9.17, 15) is 10.1 Å². The van der Waals surface area contributed by atoms with Crippen LogP contribution in [0.15, 0.2) is 45.7 Å². The zero-order valence-corrected chi connectivity index (χ0v) is 16.8. The third kappa shape index (κ3) is 3.87. The first-order valence-electron chi connectivity index (χ1n) is 9.92. The molecule has 0 atom stereocenters. The van der Waals surface area contributed by atoms with Crippen molar-refractivity contribution in [3.05, 3.63) is 69.2 Å². The molecule has 4 rings (SSSR count). The van der Waals surface area contributed by atoms with Gasteiger partial charge in [-0.25, -0.2) is 9.78 Å². The lowest BCUT2D eigenvalue weighted by molar-refractivity contribution is 0.286. The maximum absolute atomic E-state index is 12.2. The second kappa shape index (κ2) is 8.06. The smallest absolute Gasteiger partial charge is 0.336 e. The Labute approximate surface area is 170 Å². The van der Waals surface area contributed by atoms with Gasteiger partial charge < -0.3 is 9.32 Å². The highest BCUT2D eigenvalue weighted by Crippen LogP contribution is 2.25. The summed E-state index contributed by atoms with van der Waals surface area (Å²) < 4.78 is 5.51. The van der Waals surface area contributed by atoms with E-state index in [1.165, 1.54) is 0 Å². The molecule has 0 spiro atoms. The molecular weight excluding hydrogens is 364 g/mol. The van der Waals surface area contributed by atoms with Gasteiger partial charge in [0, 0.05) is 50.4 Å². The second-order valence-corrected chi connectivity index (χ2v) is 7.58. The number of pyridine rings is 1. The van der Waals surface area contributed by atoms with E-state index >= 15 is 0 Å². The number of aromatic nitrogens is 1. The number of hydrogen-bond donors (Lipinski definition) is 0. The van der Waals surface area contributed by atoms with Crippen LogP contribution in [0.3, 0.4) is 0 Å². The third-order valence-electron chi connectivity index (χ3n) is 5.71. The molecule has 1 aromatic carbocycles. The van der Waals surface area contributed by atoms with Gasteiger partial charge in [0.1, 0.15) is 17.5 Å². The Bertz CT molecular complexity index is 1150. The minimum atomic E-state index is -0.301. The first-order valence-corrected chi connectivity index (χ1v) is 9.92. The van der Waals surface area contributed by atoms with Crippen molar-refractivity contribution in [2.24, 2.45) is 0 Å². The summed E-state index contributed by atoms with van der Waals surface area (Å²) in [4.78, 5) is 21.1. The van der Waals surface area contributed by atoms with Crippen LogP contribution in [0.4, 0.5) is 5.82 Å². The molecule has 0 bridgehead atoms. The summed E-state index contributed by atoms with van der Waals surface area (Å²) in [6.45, 7) is 8.14. The van der Waals surface area contributed by atoms with E-state index in [0.29, 0.717) is 17.7 Å². The van der Waals surface area contributed by atoms with Crippen molar-refractivity contribution < 1.29 is 4.42 Å². The van der Waals surface area contributed by atoms with E-state index < -0.39 is 0 Å². The average Bonchev–Trinajstić information content (AvgIpc) is 2.96. The monoisotopic (exact) mass is 388 g/mol. The van der Waals surface area contributed by atoms with Crippen molar-refractivity contribution in [3.63, 3.8) is 0 Å². The second-order valence-electron chi connectivity index (χ2n) is 7.58. The van der Waals surface area contributed by atoms with Gasteiger partial charge >= 0.3 is 5.63 Å². The highest BCUT2D eigenvalue weighted by atomic mass is 16.4. The number of hydrogen-bond acceptors (Lipinski definition) is 6. The average molecular weight is 388 g/mol. The van der Waals surface area contributed by atoms with E-state index in [1.54, 1.807) is 18.3 Å². The van der Waals surface area contributed by atoms with Crippen LogP contribution < -0.4 is 10.5 Å². The van der Waals surface area contributed by atoms with Gasteiger partial charge in [0.05, 0.1) is 5.56 Å². The summed E-state index contributed by atoms with van der Waals surface area (Å²) in [7, 11) is 0. The van der Waals surface area contributed by atoms with Gasteiger partial charge in [0.25, 0.3) is 0 Å². The lowest BCUT2D eigenvalue weighted by Crippen LogP contribution is -2.31. The van der Waals surface area contributed by atoms with Gasteiger partial charge in [-0.05, 0) is 49.1 Å². The van der Waals surface area contributed by atoms with Crippen LogP contribution in [0.2, 0.25) is 0 Å². The molecule has 29 heavy (non-hydrogen) atoms. The fraction of sp³-hybridized carbons (Fsp3) is 0.348. The number of rotatable bonds is 3. The molecular formula is C23H24N4O2. The molecule has 0 N–H and O–H groups in total. The van der Waals surface area contributed by atoms with Gasteiger partial charge in [-0.1, -0.05) is 12.1 Å². The first-order chi connectivity index (χ1) is 14.1. The van der Waals surface area contributed by atoms with Gasteiger partial charge in [0.15, 0.2) is 0 Å². The third-order valence-corrected chi connectivity index (χ3v) is 5.71. The molecule has 6 nitrogen and oxygen atoms in total. The molecule has 1 aliphatic heterocycles. The Hall–Kier alpha value is -3.17. The fourth-order valence-corrected chi connectivity index (χ4v) is 3.97. The molecule has 148 valence electrons. The zero-order chi connectivity index (χ0) is 20.4. The maximum Gasteiger partial charge on any atom is 0.336 e. The number of fused-ring (bicyclic) bond motifs is 1. The van der Waals surface area contributed by atoms with Crippen LogP contribution in [0.1, 0.15) is 28.7 Å². The van der Waals surface area contributed by atoms with Crippen molar-refractivity contribution in [3.8, 4) is 6.07 Å². The summed E-state index contributed by atoms with van der Waals surface area (Å²) in [5.41, 5.74) is 4.14. The van der Waals surface area contributed by atoms with E-state index in [-0.39, 0.29) is 5.63 Å². The summed E-state index contributed by atoms with van der Waals surface area (Å²) in [6, 6.07) is 11.6. The predicted molar refractivity (Wildman–Crippen MR) is 113 cm³/mol. The topological polar surface area (TPSA) is 73.4 Å². The van der Waals surface area contributed by atoms with Crippen LogP contribution in [-0.4, -0.2) is 36.1 Å². The maximum atomic E-state index is 12.2. The number of nitriles is 1. The minimum absolute atomic E-state index is 0.301. The van der Waals surface area contributed by atoms with Gasteiger partial charge in [0.2, 0.25) is 0 Å². The highest BCUT2D eigenvalue weighted by Gasteiger charge is 2.19. The summed E-state index contributed by atoms with van der Waals surface area (Å²) >= 11 is 0. The van der Waals surface area contributed by atoms with E-state index in [2.05, 4.69) is 26.9 Å². The highest BCUT2D eigenvalue weighted by molar-refractivity contribution is 5.83. The Balaban J connectivity index is 1.57. The molecule has 0 saturated carbocycles. The van der Waals surface area contributed by atoms with Crippen molar-refractivity contribution >= 4 is 16.8 Å². The molecule has 0 unspecified atom stereocenters. The molecule has 0 aliphatic carbocycles. The Morgan fingerprint density at radius 3 is 2.86 bits per heavy atom. The van der Waals surface area contributed by atoms with Crippen LogP contribution in [0.25, 0.3) is 11.0 Å². The van der Waals surface area contributed by atoms with Crippen LogP contribution in [-0.2, 0) is 6.54 Å². The normalized spacial score (nSPS) is 15.3. The molecule has 1 aliphatic rings. The summed E-state index contributed by atoms with van der Waals surface area (Å²) in [5.74, 6) is 0.758. The molecule has 1 fully saturated rings. The van der Waals surface area contributed by atoms with Crippen molar-refractivity contribution in [2.75, 3.05) is 31.1 Å². The number of anilines is 1. The van der Waals surface area contributed by atoms with Crippen molar-refractivity contribution in [1.29, 1.82) is 5.26 Å². The van der Waals surface area contributed by atoms with Gasteiger partial charge in [-0.2, -0.15) is 5.26 Å². The summed E-state index contributed by atoms with van der Waals surface area (Å²) in [6.07, 6.45) is 2.71. The van der Waals surface area contributed by atoms with E-state index in [0.717, 1.165) is 60.5 Å².